The Morgan fingerprint density at radius 1 is 1.24 bits per heavy atom. The molecule has 122 valence electrons. The van der Waals surface area contributed by atoms with Crippen molar-refractivity contribution in [2.75, 3.05) is 0 Å². The van der Waals surface area contributed by atoms with Crippen molar-refractivity contribution in [3.05, 3.63) is 39.8 Å². The summed E-state index contributed by atoms with van der Waals surface area (Å²) < 4.78 is 0. The Morgan fingerprint density at radius 2 is 1.71 bits per heavy atom. The maximum atomic E-state index is 10.4. The zero-order valence-electron chi connectivity index (χ0n) is 12.5. The molecule has 0 aliphatic carbocycles. The Bertz CT molecular complexity index is 459. The second kappa shape index (κ2) is 12.2. The second-order valence-electron chi connectivity index (χ2n) is 4.81. The molecule has 1 aromatic rings. The van der Waals surface area contributed by atoms with Crippen LogP contribution < -0.4 is 5.32 Å². The third kappa shape index (κ3) is 11.9. The van der Waals surface area contributed by atoms with Gasteiger partial charge in [0.2, 0.25) is 0 Å². The van der Waals surface area contributed by atoms with E-state index in [1.165, 1.54) is 6.08 Å². The van der Waals surface area contributed by atoms with Crippen molar-refractivity contribution in [2.45, 2.75) is 39.8 Å². The number of carbonyl (C=O) groups is 1. The quantitative estimate of drug-likeness (QED) is 0.441. The third-order valence-corrected chi connectivity index (χ3v) is 2.71. The van der Waals surface area contributed by atoms with Crippen LogP contribution in [-0.2, 0) is 39.8 Å². The van der Waals surface area contributed by atoms with Gasteiger partial charge in [-0.25, -0.2) is 4.79 Å². The largest absolute Gasteiger partial charge is 1.00 e. The summed E-state index contributed by atoms with van der Waals surface area (Å²) in [5, 5.41) is 12.3. The van der Waals surface area contributed by atoms with Gasteiger partial charge < -0.3 is 23.1 Å². The minimum absolute atomic E-state index is 0. The van der Waals surface area contributed by atoms with Crippen LogP contribution in [0.5, 0.6) is 0 Å². The van der Waals surface area contributed by atoms with E-state index in [9.17, 15) is 4.79 Å². The fourth-order valence-electron chi connectivity index (χ4n) is 1.46. The van der Waals surface area contributed by atoms with Gasteiger partial charge in [-0.1, -0.05) is 68.5 Å². The number of hydrogen-bond acceptors (Lipinski definition) is 3. The average molecular weight is 423 g/mol. The van der Waals surface area contributed by atoms with E-state index in [1.807, 2.05) is 0 Å². The predicted molar refractivity (Wildman–Crippen MR) is 87.8 cm³/mol. The maximum Gasteiger partial charge on any atom is 1.00 e. The first-order valence-electron chi connectivity index (χ1n) is 6.36. The fourth-order valence-corrected chi connectivity index (χ4v) is 1.78. The summed E-state index contributed by atoms with van der Waals surface area (Å²) >= 11 is 10.4. The van der Waals surface area contributed by atoms with Gasteiger partial charge in [-0.3, -0.25) is 0 Å². The van der Waals surface area contributed by atoms with E-state index in [4.69, 9.17) is 16.7 Å². The van der Waals surface area contributed by atoms with Crippen LogP contribution in [0.25, 0.3) is 6.08 Å². The van der Waals surface area contributed by atoms with E-state index < -0.39 is 5.97 Å². The molecule has 0 aliphatic heterocycles. The summed E-state index contributed by atoms with van der Waals surface area (Å²) in [7, 11) is 0. The molecule has 2 N–H and O–H groups in total. The van der Waals surface area contributed by atoms with Crippen molar-refractivity contribution in [3.8, 4) is 0 Å². The Kier molecular flexibility index (Phi) is 13.3. The molecule has 0 aliphatic rings. The Hall–Kier alpha value is -0.360. The van der Waals surface area contributed by atoms with Crippen LogP contribution in [0.1, 0.15) is 33.3 Å². The van der Waals surface area contributed by atoms with Gasteiger partial charge in [0.1, 0.15) is 0 Å². The second-order valence-corrected chi connectivity index (χ2v) is 5.66. The summed E-state index contributed by atoms with van der Waals surface area (Å²) in [4.78, 5) is 10.3. The smallest absolute Gasteiger partial charge is 0.773 e. The van der Waals surface area contributed by atoms with Gasteiger partial charge in [-0.2, -0.15) is 0 Å². The van der Waals surface area contributed by atoms with Crippen LogP contribution in [0, 0.1) is 0 Å². The first-order chi connectivity index (χ1) is 9.23. The van der Waals surface area contributed by atoms with Gasteiger partial charge >= 0.3 is 28.3 Å². The normalized spacial score (nSPS) is 10.7. The molecule has 0 atom stereocenters. The Morgan fingerprint density at radius 3 is 2.05 bits per heavy atom. The topological polar surface area (TPSA) is 49.3 Å². The molecular weight excluding hydrogens is 402 g/mol. The van der Waals surface area contributed by atoms with E-state index in [2.05, 4.69) is 45.6 Å². The van der Waals surface area contributed by atoms with Gasteiger partial charge in [0, 0.05) is 17.1 Å². The van der Waals surface area contributed by atoms with Crippen LogP contribution in [0.4, 0.5) is 0 Å². The number of aliphatic carboxylic acids is 1. The molecule has 0 saturated heterocycles. The van der Waals surface area contributed by atoms with Crippen molar-refractivity contribution in [1.29, 1.82) is 0 Å². The number of carboxylic acids is 1. The van der Waals surface area contributed by atoms with E-state index in [0.29, 0.717) is 22.7 Å². The number of benzene rings is 1. The van der Waals surface area contributed by atoms with E-state index >= 15 is 0 Å². The minimum Gasteiger partial charge on any atom is -0.773 e. The zero-order chi connectivity index (χ0) is 15.7. The molecule has 0 aromatic heterocycles. The maximum absolute atomic E-state index is 10.4. The summed E-state index contributed by atoms with van der Waals surface area (Å²) in [5.41, 5.74) is 0.622. The first-order valence-corrected chi connectivity index (χ1v) is 7.15. The molecule has 0 saturated carbocycles. The molecule has 0 amide bonds. The molecule has 21 heavy (non-hydrogen) atoms. The third-order valence-electron chi connectivity index (χ3n) is 2.07. The Labute approximate surface area is 153 Å². The standard InChI is InChI=1S/C9H7ClO2S.C6H15N.Ag/c10-7-4-2-1-3-6(7)5-8(13)9(11)12;1-5(2)7-6(3)4;/h1-5,13H,(H,11,12);5-7H,1-4H3;/q;;+1/p-1/b8-5-;;. The summed E-state index contributed by atoms with van der Waals surface area (Å²) in [5.74, 6) is -1.12. The first kappa shape index (κ1) is 22.9. The molecule has 0 fully saturated rings. The number of halogens is 1. The van der Waals surface area contributed by atoms with Crippen LogP contribution in [0.15, 0.2) is 29.2 Å². The van der Waals surface area contributed by atoms with Gasteiger partial charge in [0.25, 0.3) is 0 Å². The van der Waals surface area contributed by atoms with Crippen molar-refractivity contribution >= 4 is 36.3 Å². The van der Waals surface area contributed by atoms with Crippen LogP contribution in [-0.4, -0.2) is 23.2 Å². The molecule has 0 spiro atoms. The molecular formula is C15H21AgClNO2S. The number of hydrogen-bond donors (Lipinski definition) is 2. The molecule has 1 rings (SSSR count). The van der Waals surface area contributed by atoms with Crippen molar-refractivity contribution < 1.29 is 32.3 Å². The molecule has 0 radical (unpaired) electrons. The van der Waals surface area contributed by atoms with E-state index in [-0.39, 0.29) is 27.3 Å². The van der Waals surface area contributed by atoms with Crippen LogP contribution in [0.3, 0.4) is 0 Å². The minimum atomic E-state index is -1.12. The molecule has 6 heteroatoms. The molecule has 3 nitrogen and oxygen atoms in total. The van der Waals surface area contributed by atoms with Crippen LogP contribution >= 0.6 is 11.6 Å². The van der Waals surface area contributed by atoms with Crippen LogP contribution in [0.2, 0.25) is 5.02 Å². The SMILES string of the molecule is CC(C)NC(C)C.O=C(O)/C([S-])=C/c1ccccc1Cl.[Ag+]. The molecule has 1 aromatic carbocycles. The molecule has 0 heterocycles. The predicted octanol–water partition coefficient (Wildman–Crippen LogP) is 3.70. The monoisotopic (exact) mass is 421 g/mol. The summed E-state index contributed by atoms with van der Waals surface area (Å²) in [6.45, 7) is 8.61. The van der Waals surface area contributed by atoms with Gasteiger partial charge in [0.05, 0.1) is 0 Å². The number of rotatable bonds is 4. The van der Waals surface area contributed by atoms with Gasteiger partial charge in [-0.05, 0) is 11.6 Å². The zero-order valence-corrected chi connectivity index (χ0v) is 15.5. The molecule has 0 unspecified atom stereocenters. The van der Waals surface area contributed by atoms with E-state index in [0.717, 1.165) is 0 Å². The number of nitrogens with one attached hydrogen (secondary N) is 1. The van der Waals surface area contributed by atoms with E-state index in [1.54, 1.807) is 24.3 Å². The van der Waals surface area contributed by atoms with Crippen molar-refractivity contribution in [1.82, 2.24) is 5.32 Å². The average Bonchev–Trinajstić information content (AvgIpc) is 2.30. The van der Waals surface area contributed by atoms with Crippen molar-refractivity contribution in [2.24, 2.45) is 0 Å². The number of carboxylic acid groups (broad SMARTS) is 1. The summed E-state index contributed by atoms with van der Waals surface area (Å²) in [6, 6.07) is 8.17. The van der Waals surface area contributed by atoms with Crippen molar-refractivity contribution in [3.63, 3.8) is 0 Å². The Balaban J connectivity index is 0. The fraction of sp³-hybridized carbons (Fsp3) is 0.400. The summed E-state index contributed by atoms with van der Waals surface area (Å²) in [6.07, 6.45) is 1.36. The van der Waals surface area contributed by atoms with Gasteiger partial charge in [-0.15, -0.1) is 0 Å². The molecule has 0 bridgehead atoms. The van der Waals surface area contributed by atoms with Gasteiger partial charge in [0.15, 0.2) is 0 Å².